The molecule has 3 unspecified atom stereocenters. The molecule has 3 rings (SSSR count). The number of para-hydroxylation sites is 1. The van der Waals surface area contributed by atoms with Gasteiger partial charge in [0, 0.05) is 25.2 Å². The standard InChI is InChI=1S/C18H27FN2/c1-2-21(18-10-6-4-8-16(18)19)13-15-12-11-14-7-3-5-9-17(14)20-15/h4,6,8,10,14-15,17,20H,2-3,5,7,9,11-13H2,1H3. The fraction of sp³-hybridized carbons (Fsp3) is 0.667. The van der Waals surface area contributed by atoms with E-state index in [1.54, 1.807) is 12.1 Å². The SMILES string of the molecule is CCN(CC1CCC2CCCCC2N1)c1ccccc1F. The monoisotopic (exact) mass is 290 g/mol. The summed E-state index contributed by atoms with van der Waals surface area (Å²) in [6.07, 6.45) is 8.07. The molecule has 1 aromatic carbocycles. The maximum Gasteiger partial charge on any atom is 0.146 e. The third-order valence-corrected chi connectivity index (χ3v) is 5.26. The van der Waals surface area contributed by atoms with Crippen LogP contribution in [0.1, 0.15) is 45.4 Å². The van der Waals surface area contributed by atoms with Gasteiger partial charge in [0.2, 0.25) is 0 Å². The van der Waals surface area contributed by atoms with Gasteiger partial charge in [-0.2, -0.15) is 0 Å². The highest BCUT2D eigenvalue weighted by molar-refractivity contribution is 5.47. The van der Waals surface area contributed by atoms with Crippen LogP contribution in [0.25, 0.3) is 0 Å². The van der Waals surface area contributed by atoms with E-state index in [1.165, 1.54) is 38.5 Å². The van der Waals surface area contributed by atoms with Crippen molar-refractivity contribution in [2.24, 2.45) is 5.92 Å². The lowest BCUT2D eigenvalue weighted by Crippen LogP contribution is -2.53. The first-order chi connectivity index (χ1) is 10.3. The van der Waals surface area contributed by atoms with E-state index in [0.717, 1.165) is 24.7 Å². The van der Waals surface area contributed by atoms with Crippen LogP contribution in [0, 0.1) is 11.7 Å². The van der Waals surface area contributed by atoms with Crippen molar-refractivity contribution in [3.8, 4) is 0 Å². The van der Waals surface area contributed by atoms with Crippen LogP contribution in [0.2, 0.25) is 0 Å². The van der Waals surface area contributed by atoms with Crippen LogP contribution in [-0.4, -0.2) is 25.2 Å². The maximum absolute atomic E-state index is 14.0. The Morgan fingerprint density at radius 1 is 1.14 bits per heavy atom. The average Bonchev–Trinajstić information content (AvgIpc) is 2.53. The number of hydrogen-bond donors (Lipinski definition) is 1. The minimum absolute atomic E-state index is 0.106. The molecule has 1 aliphatic heterocycles. The normalized spacial score (nSPS) is 29.0. The Morgan fingerprint density at radius 3 is 2.76 bits per heavy atom. The van der Waals surface area contributed by atoms with E-state index in [-0.39, 0.29) is 5.82 Å². The van der Waals surface area contributed by atoms with Gasteiger partial charge in [-0.15, -0.1) is 0 Å². The van der Waals surface area contributed by atoms with Crippen molar-refractivity contribution >= 4 is 5.69 Å². The quantitative estimate of drug-likeness (QED) is 0.903. The van der Waals surface area contributed by atoms with Crippen LogP contribution >= 0.6 is 0 Å². The summed E-state index contributed by atoms with van der Waals surface area (Å²) in [7, 11) is 0. The second-order valence-corrected chi connectivity index (χ2v) is 6.58. The predicted octanol–water partition coefficient (Wildman–Crippen LogP) is 3.96. The van der Waals surface area contributed by atoms with Gasteiger partial charge in [0.05, 0.1) is 5.69 Å². The van der Waals surface area contributed by atoms with Crippen molar-refractivity contribution in [2.45, 2.75) is 57.5 Å². The molecule has 0 aromatic heterocycles. The van der Waals surface area contributed by atoms with Gasteiger partial charge < -0.3 is 10.2 Å². The number of halogens is 1. The van der Waals surface area contributed by atoms with Crippen LogP contribution in [0.3, 0.4) is 0 Å². The molecule has 1 saturated carbocycles. The van der Waals surface area contributed by atoms with E-state index in [9.17, 15) is 4.39 Å². The Kier molecular flexibility index (Phi) is 4.79. The summed E-state index contributed by atoms with van der Waals surface area (Å²) in [5.74, 6) is 0.782. The Balaban J connectivity index is 1.63. The summed E-state index contributed by atoms with van der Waals surface area (Å²) >= 11 is 0. The number of fused-ring (bicyclic) bond motifs is 1. The zero-order valence-corrected chi connectivity index (χ0v) is 13.0. The highest BCUT2D eigenvalue weighted by Gasteiger charge is 2.32. The molecule has 2 fully saturated rings. The van der Waals surface area contributed by atoms with Crippen molar-refractivity contribution in [2.75, 3.05) is 18.0 Å². The van der Waals surface area contributed by atoms with Crippen molar-refractivity contribution in [1.82, 2.24) is 5.32 Å². The van der Waals surface area contributed by atoms with Gasteiger partial charge >= 0.3 is 0 Å². The molecule has 0 radical (unpaired) electrons. The number of hydrogen-bond acceptors (Lipinski definition) is 2. The number of nitrogens with zero attached hydrogens (tertiary/aromatic N) is 1. The summed E-state index contributed by atoms with van der Waals surface area (Å²) < 4.78 is 14.0. The van der Waals surface area contributed by atoms with Crippen molar-refractivity contribution in [3.63, 3.8) is 0 Å². The van der Waals surface area contributed by atoms with E-state index in [2.05, 4.69) is 17.1 Å². The van der Waals surface area contributed by atoms with Crippen LogP contribution in [0.5, 0.6) is 0 Å². The van der Waals surface area contributed by atoms with Crippen molar-refractivity contribution in [3.05, 3.63) is 30.1 Å². The molecular formula is C18H27FN2. The molecule has 1 heterocycles. The van der Waals surface area contributed by atoms with Crippen LogP contribution in [0.15, 0.2) is 24.3 Å². The first-order valence-corrected chi connectivity index (χ1v) is 8.53. The first kappa shape index (κ1) is 14.8. The third-order valence-electron chi connectivity index (χ3n) is 5.26. The van der Waals surface area contributed by atoms with E-state index in [1.807, 2.05) is 12.1 Å². The zero-order valence-electron chi connectivity index (χ0n) is 13.0. The molecule has 116 valence electrons. The number of nitrogens with one attached hydrogen (secondary N) is 1. The van der Waals surface area contributed by atoms with Crippen LogP contribution in [-0.2, 0) is 0 Å². The molecular weight excluding hydrogens is 263 g/mol. The molecule has 2 aliphatic rings. The highest BCUT2D eigenvalue weighted by Crippen LogP contribution is 2.32. The molecule has 1 aliphatic carbocycles. The topological polar surface area (TPSA) is 15.3 Å². The van der Waals surface area contributed by atoms with Gasteiger partial charge in [0.15, 0.2) is 0 Å². The zero-order chi connectivity index (χ0) is 14.7. The van der Waals surface area contributed by atoms with Crippen molar-refractivity contribution in [1.29, 1.82) is 0 Å². The lowest BCUT2D eigenvalue weighted by molar-refractivity contribution is 0.177. The lowest BCUT2D eigenvalue weighted by atomic mass is 9.77. The first-order valence-electron chi connectivity index (χ1n) is 8.53. The summed E-state index contributed by atoms with van der Waals surface area (Å²) in [4.78, 5) is 2.18. The molecule has 3 atom stereocenters. The minimum Gasteiger partial charge on any atom is -0.368 e. The van der Waals surface area contributed by atoms with E-state index in [0.29, 0.717) is 12.1 Å². The fourth-order valence-corrected chi connectivity index (χ4v) is 4.09. The summed E-state index contributed by atoms with van der Waals surface area (Å²) in [5, 5.41) is 3.85. The number of likely N-dealkylation sites (N-methyl/N-ethyl adjacent to an activating group) is 1. The second-order valence-electron chi connectivity index (χ2n) is 6.58. The Bertz CT molecular complexity index is 462. The summed E-state index contributed by atoms with van der Waals surface area (Å²) in [6.45, 7) is 3.88. The molecule has 1 aromatic rings. The highest BCUT2D eigenvalue weighted by atomic mass is 19.1. The number of benzene rings is 1. The molecule has 0 bridgehead atoms. The maximum atomic E-state index is 14.0. The number of piperidine rings is 1. The van der Waals surface area contributed by atoms with Gasteiger partial charge in [-0.3, -0.25) is 0 Å². The summed E-state index contributed by atoms with van der Waals surface area (Å²) in [5.41, 5.74) is 0.743. The largest absolute Gasteiger partial charge is 0.368 e. The molecule has 21 heavy (non-hydrogen) atoms. The fourth-order valence-electron chi connectivity index (χ4n) is 4.09. The Labute approximate surface area is 127 Å². The Hall–Kier alpha value is -1.09. The average molecular weight is 290 g/mol. The molecule has 0 spiro atoms. The Morgan fingerprint density at radius 2 is 1.95 bits per heavy atom. The molecule has 1 saturated heterocycles. The lowest BCUT2D eigenvalue weighted by Gasteiger charge is -2.42. The van der Waals surface area contributed by atoms with Gasteiger partial charge in [-0.05, 0) is 50.7 Å². The van der Waals surface area contributed by atoms with Gasteiger partial charge in [0.1, 0.15) is 5.82 Å². The number of rotatable bonds is 4. The smallest absolute Gasteiger partial charge is 0.146 e. The second kappa shape index (κ2) is 6.78. The van der Waals surface area contributed by atoms with Crippen LogP contribution < -0.4 is 10.2 Å². The third kappa shape index (κ3) is 3.39. The summed E-state index contributed by atoms with van der Waals surface area (Å²) in [6, 6.07) is 8.35. The minimum atomic E-state index is -0.106. The van der Waals surface area contributed by atoms with E-state index in [4.69, 9.17) is 0 Å². The van der Waals surface area contributed by atoms with Crippen molar-refractivity contribution < 1.29 is 4.39 Å². The molecule has 1 N–H and O–H groups in total. The van der Waals surface area contributed by atoms with Crippen LogP contribution in [0.4, 0.5) is 10.1 Å². The molecule has 3 heteroatoms. The van der Waals surface area contributed by atoms with E-state index < -0.39 is 0 Å². The number of anilines is 1. The van der Waals surface area contributed by atoms with E-state index >= 15 is 0 Å². The molecule has 0 amide bonds. The van der Waals surface area contributed by atoms with Gasteiger partial charge in [0.25, 0.3) is 0 Å². The van der Waals surface area contributed by atoms with Gasteiger partial charge in [-0.1, -0.05) is 25.0 Å². The predicted molar refractivity (Wildman–Crippen MR) is 86.2 cm³/mol. The molecule has 2 nitrogen and oxygen atoms in total. The van der Waals surface area contributed by atoms with Gasteiger partial charge in [-0.25, -0.2) is 4.39 Å².